The maximum Gasteiger partial charge on any atom is 0.191 e. The number of thiophene rings is 1. The molecule has 1 aromatic heterocycles. The van der Waals surface area contributed by atoms with Crippen molar-refractivity contribution in [3.8, 4) is 0 Å². The molecule has 0 radical (unpaired) electrons. The summed E-state index contributed by atoms with van der Waals surface area (Å²) in [5, 5.41) is 16.4. The van der Waals surface area contributed by atoms with Gasteiger partial charge < -0.3 is 15.7 Å². The highest BCUT2D eigenvalue weighted by Gasteiger charge is 2.19. The number of rotatable bonds is 5. The number of guanidine groups is 1. The molecule has 0 saturated heterocycles. The number of nitrogens with zero attached hydrogens (tertiary/aromatic N) is 1. The van der Waals surface area contributed by atoms with Crippen molar-refractivity contribution in [2.45, 2.75) is 64.6 Å². The summed E-state index contributed by atoms with van der Waals surface area (Å²) in [6, 6.07) is 4.80. The number of halogens is 1. The summed E-state index contributed by atoms with van der Waals surface area (Å²) >= 11 is 1.84. The summed E-state index contributed by atoms with van der Waals surface area (Å²) in [5.41, 5.74) is 0. The number of aliphatic hydroxyl groups is 1. The van der Waals surface area contributed by atoms with E-state index in [1.54, 1.807) is 0 Å². The van der Waals surface area contributed by atoms with E-state index in [9.17, 15) is 5.11 Å². The Morgan fingerprint density at radius 3 is 2.50 bits per heavy atom. The number of hydrogen-bond donors (Lipinski definition) is 3. The van der Waals surface area contributed by atoms with Crippen molar-refractivity contribution >= 4 is 41.3 Å². The van der Waals surface area contributed by atoms with Gasteiger partial charge in [0.2, 0.25) is 0 Å². The highest BCUT2D eigenvalue weighted by molar-refractivity contribution is 14.0. The fourth-order valence-electron chi connectivity index (χ4n) is 2.59. The van der Waals surface area contributed by atoms with Crippen LogP contribution in [0.4, 0.5) is 0 Å². The van der Waals surface area contributed by atoms with E-state index in [2.05, 4.69) is 41.6 Å². The van der Waals surface area contributed by atoms with E-state index in [4.69, 9.17) is 0 Å². The largest absolute Gasteiger partial charge is 0.393 e. The molecule has 1 heterocycles. The number of hydrogen-bond acceptors (Lipinski definition) is 3. The quantitative estimate of drug-likeness (QED) is 0.377. The maximum atomic E-state index is 9.57. The molecule has 1 aliphatic rings. The average molecular weight is 437 g/mol. The predicted octanol–water partition coefficient (Wildman–Crippen LogP) is 3.29. The van der Waals surface area contributed by atoms with E-state index in [1.165, 1.54) is 9.75 Å². The molecule has 126 valence electrons. The SMILES string of the molecule is CCNC(=NCc1ccc(CC)s1)NC1CCC(O)CC1.I. The smallest absolute Gasteiger partial charge is 0.191 e. The molecule has 1 aromatic rings. The van der Waals surface area contributed by atoms with Gasteiger partial charge in [0, 0.05) is 22.3 Å². The van der Waals surface area contributed by atoms with Crippen LogP contribution in [0.2, 0.25) is 0 Å². The predicted molar refractivity (Wildman–Crippen MR) is 105 cm³/mol. The molecule has 1 fully saturated rings. The highest BCUT2D eigenvalue weighted by atomic mass is 127. The molecule has 22 heavy (non-hydrogen) atoms. The Labute approximate surface area is 154 Å². The normalized spacial score (nSPS) is 22.0. The molecular formula is C16H28IN3OS. The molecule has 0 unspecified atom stereocenters. The topological polar surface area (TPSA) is 56.7 Å². The second-order valence-electron chi connectivity index (χ2n) is 5.57. The highest BCUT2D eigenvalue weighted by Crippen LogP contribution is 2.19. The Bertz CT molecular complexity index is 456. The van der Waals surface area contributed by atoms with Gasteiger partial charge in [-0.3, -0.25) is 0 Å². The monoisotopic (exact) mass is 437 g/mol. The van der Waals surface area contributed by atoms with Crippen molar-refractivity contribution in [2.75, 3.05) is 6.54 Å². The molecule has 3 N–H and O–H groups in total. The first-order valence-electron chi connectivity index (χ1n) is 8.01. The summed E-state index contributed by atoms with van der Waals surface area (Å²) < 4.78 is 0. The van der Waals surface area contributed by atoms with E-state index in [0.717, 1.165) is 51.2 Å². The van der Waals surface area contributed by atoms with Gasteiger partial charge in [0.1, 0.15) is 0 Å². The Morgan fingerprint density at radius 1 is 1.23 bits per heavy atom. The van der Waals surface area contributed by atoms with Crippen molar-refractivity contribution in [2.24, 2.45) is 4.99 Å². The van der Waals surface area contributed by atoms with Gasteiger partial charge in [0.05, 0.1) is 12.6 Å². The number of nitrogens with one attached hydrogen (secondary N) is 2. The minimum atomic E-state index is -0.110. The standard InChI is InChI=1S/C16H27N3OS.HI/c1-3-14-9-10-15(21-14)11-18-16(17-4-2)19-12-5-7-13(20)8-6-12;/h9-10,12-13,20H,3-8,11H2,1-2H3,(H2,17,18,19);1H. The van der Waals surface area contributed by atoms with Crippen molar-refractivity contribution in [1.82, 2.24) is 10.6 Å². The van der Waals surface area contributed by atoms with Gasteiger partial charge in [-0.25, -0.2) is 4.99 Å². The van der Waals surface area contributed by atoms with E-state index in [0.29, 0.717) is 6.04 Å². The van der Waals surface area contributed by atoms with Gasteiger partial charge in [-0.15, -0.1) is 35.3 Å². The third-order valence-corrected chi connectivity index (χ3v) is 5.05. The van der Waals surface area contributed by atoms with Crippen LogP contribution >= 0.6 is 35.3 Å². The van der Waals surface area contributed by atoms with E-state index < -0.39 is 0 Å². The van der Waals surface area contributed by atoms with Crippen LogP contribution in [0, 0.1) is 0 Å². The van der Waals surface area contributed by atoms with Gasteiger partial charge >= 0.3 is 0 Å². The fourth-order valence-corrected chi connectivity index (χ4v) is 3.47. The minimum absolute atomic E-state index is 0. The van der Waals surface area contributed by atoms with Gasteiger partial charge in [0.25, 0.3) is 0 Å². The first kappa shape index (κ1) is 19.7. The lowest BCUT2D eigenvalue weighted by atomic mass is 9.93. The number of aryl methyl sites for hydroxylation is 1. The molecule has 0 spiro atoms. The lowest BCUT2D eigenvalue weighted by Gasteiger charge is -2.27. The van der Waals surface area contributed by atoms with Crippen LogP contribution in [0.25, 0.3) is 0 Å². The summed E-state index contributed by atoms with van der Waals surface area (Å²) in [7, 11) is 0. The van der Waals surface area contributed by atoms with Gasteiger partial charge in [0.15, 0.2) is 5.96 Å². The first-order valence-corrected chi connectivity index (χ1v) is 8.83. The second kappa shape index (κ2) is 10.4. The number of aliphatic imine (C=N–C) groups is 1. The summed E-state index contributed by atoms with van der Waals surface area (Å²) in [5.74, 6) is 0.894. The molecule has 1 aliphatic carbocycles. The lowest BCUT2D eigenvalue weighted by Crippen LogP contribution is -2.45. The zero-order valence-corrected chi connectivity index (χ0v) is 16.6. The maximum absolute atomic E-state index is 9.57. The Morgan fingerprint density at radius 2 is 1.91 bits per heavy atom. The van der Waals surface area contributed by atoms with Gasteiger partial charge in [-0.1, -0.05) is 6.92 Å². The van der Waals surface area contributed by atoms with E-state index >= 15 is 0 Å². The second-order valence-corrected chi connectivity index (χ2v) is 6.82. The molecule has 0 aliphatic heterocycles. The molecule has 0 atom stereocenters. The van der Waals surface area contributed by atoms with Crippen LogP contribution in [0.15, 0.2) is 17.1 Å². The van der Waals surface area contributed by atoms with Crippen LogP contribution < -0.4 is 10.6 Å². The Balaban J connectivity index is 0.00000242. The van der Waals surface area contributed by atoms with Crippen LogP contribution in [0.3, 0.4) is 0 Å². The van der Waals surface area contributed by atoms with Crippen LogP contribution in [-0.2, 0) is 13.0 Å². The summed E-state index contributed by atoms with van der Waals surface area (Å²) in [6.07, 6.45) is 4.80. The summed E-state index contributed by atoms with van der Waals surface area (Å²) in [4.78, 5) is 7.41. The molecule has 0 aromatic carbocycles. The molecule has 2 rings (SSSR count). The first-order chi connectivity index (χ1) is 10.2. The van der Waals surface area contributed by atoms with Crippen LogP contribution in [0.1, 0.15) is 49.3 Å². The van der Waals surface area contributed by atoms with Crippen LogP contribution in [0.5, 0.6) is 0 Å². The molecule has 0 amide bonds. The third-order valence-electron chi connectivity index (χ3n) is 3.84. The van der Waals surface area contributed by atoms with E-state index in [1.807, 2.05) is 11.3 Å². The number of aliphatic hydroxyl groups excluding tert-OH is 1. The lowest BCUT2D eigenvalue weighted by molar-refractivity contribution is 0.120. The van der Waals surface area contributed by atoms with Crippen molar-refractivity contribution < 1.29 is 5.11 Å². The van der Waals surface area contributed by atoms with Crippen molar-refractivity contribution in [1.29, 1.82) is 0 Å². The van der Waals surface area contributed by atoms with Crippen LogP contribution in [-0.4, -0.2) is 29.8 Å². The molecule has 1 saturated carbocycles. The van der Waals surface area contributed by atoms with Crippen molar-refractivity contribution in [3.63, 3.8) is 0 Å². The summed E-state index contributed by atoms with van der Waals surface area (Å²) in [6.45, 7) is 5.87. The zero-order chi connectivity index (χ0) is 15.1. The molecule has 0 bridgehead atoms. The zero-order valence-electron chi connectivity index (χ0n) is 13.5. The molecular weight excluding hydrogens is 409 g/mol. The van der Waals surface area contributed by atoms with Gasteiger partial charge in [-0.2, -0.15) is 0 Å². The molecule has 6 heteroatoms. The minimum Gasteiger partial charge on any atom is -0.393 e. The van der Waals surface area contributed by atoms with Crippen molar-refractivity contribution in [3.05, 3.63) is 21.9 Å². The van der Waals surface area contributed by atoms with E-state index in [-0.39, 0.29) is 30.1 Å². The Kier molecular flexibility index (Phi) is 9.35. The van der Waals surface area contributed by atoms with Gasteiger partial charge in [-0.05, 0) is 51.2 Å². The Hall–Kier alpha value is -0.340. The molecule has 4 nitrogen and oxygen atoms in total. The average Bonchev–Trinajstić information content (AvgIpc) is 2.95. The fraction of sp³-hybridized carbons (Fsp3) is 0.688. The third kappa shape index (κ3) is 6.42.